The number of benzene rings is 2. The number of aryl methyl sites for hydroxylation is 3. The highest BCUT2D eigenvalue weighted by Gasteiger charge is 2.19. The molecule has 4 aromatic rings. The molecule has 0 saturated heterocycles. The second-order valence-corrected chi connectivity index (χ2v) is 7.81. The molecule has 0 bridgehead atoms. The molecule has 2 aromatic carbocycles. The molecule has 7 heteroatoms. The average Bonchev–Trinajstić information content (AvgIpc) is 2.86. The van der Waals surface area contributed by atoms with Crippen LogP contribution in [0.5, 0.6) is 11.8 Å². The van der Waals surface area contributed by atoms with E-state index in [1.807, 2.05) is 18.2 Å². The van der Waals surface area contributed by atoms with Gasteiger partial charge in [-0.3, -0.25) is 9.55 Å². The molecule has 0 amide bonds. The molecule has 1 aliphatic heterocycles. The van der Waals surface area contributed by atoms with Crippen LogP contribution in [-0.4, -0.2) is 32.7 Å². The van der Waals surface area contributed by atoms with Crippen molar-refractivity contribution in [1.29, 1.82) is 0 Å². The number of hydrogen-bond donors (Lipinski definition) is 0. The van der Waals surface area contributed by atoms with E-state index in [-0.39, 0.29) is 24.8 Å². The second kappa shape index (κ2) is 9.65. The Labute approximate surface area is 193 Å². The monoisotopic (exact) mass is 442 g/mol. The van der Waals surface area contributed by atoms with Gasteiger partial charge in [-0.1, -0.05) is 48.5 Å². The molecule has 5 rings (SSSR count). The fraction of sp³-hybridized carbons (Fsp3) is 0.231. The summed E-state index contributed by atoms with van der Waals surface area (Å²) >= 11 is 0. The van der Waals surface area contributed by atoms with Crippen LogP contribution in [0, 0.1) is 0 Å². The van der Waals surface area contributed by atoms with Gasteiger partial charge in [0.25, 0.3) is 0 Å². The molecule has 166 valence electrons. The van der Waals surface area contributed by atoms with Gasteiger partial charge in [-0.05, 0) is 36.0 Å². The maximum atomic E-state index is 12.6. The van der Waals surface area contributed by atoms with Crippen molar-refractivity contribution in [2.75, 3.05) is 13.2 Å². The molecule has 0 fully saturated rings. The van der Waals surface area contributed by atoms with Gasteiger partial charge < -0.3 is 9.47 Å². The summed E-state index contributed by atoms with van der Waals surface area (Å²) in [5.74, 6) is 0.702. The van der Waals surface area contributed by atoms with Gasteiger partial charge in [0.1, 0.15) is 13.2 Å². The fourth-order valence-corrected chi connectivity index (χ4v) is 4.02. The number of rotatable bonds is 8. The second-order valence-electron chi connectivity index (χ2n) is 7.81. The van der Waals surface area contributed by atoms with Crippen molar-refractivity contribution < 1.29 is 10.8 Å². The third-order valence-corrected chi connectivity index (χ3v) is 5.63. The Morgan fingerprint density at radius 3 is 2.70 bits per heavy atom. The van der Waals surface area contributed by atoms with Crippen molar-refractivity contribution in [3.05, 3.63) is 100 Å². The van der Waals surface area contributed by atoms with Gasteiger partial charge in [0, 0.05) is 30.6 Å². The lowest BCUT2D eigenvalue weighted by molar-refractivity contribution is 0.205. The Hall–Kier alpha value is -4.00. The van der Waals surface area contributed by atoms with Crippen molar-refractivity contribution >= 4 is 0 Å². The van der Waals surface area contributed by atoms with E-state index in [9.17, 15) is 4.79 Å². The average molecular weight is 443 g/mol. The first-order valence-electron chi connectivity index (χ1n) is 11.5. The smallest absolute Gasteiger partial charge is 0.351 e. The third-order valence-electron chi connectivity index (χ3n) is 5.63. The molecule has 0 unspecified atom stereocenters. The number of ether oxygens (including phenoxy) is 2. The lowest BCUT2D eigenvalue weighted by atomic mass is 9.93. The van der Waals surface area contributed by atoms with Crippen LogP contribution in [0.25, 0.3) is 11.3 Å². The number of aromatic nitrogens is 4. The summed E-state index contributed by atoms with van der Waals surface area (Å²) in [6.07, 6.45) is 7.24. The van der Waals surface area contributed by atoms with Crippen LogP contribution in [-0.2, 0) is 25.8 Å². The summed E-state index contributed by atoms with van der Waals surface area (Å²) in [5, 5.41) is 0. The van der Waals surface area contributed by atoms with Gasteiger partial charge in [-0.25, -0.2) is 9.78 Å². The lowest BCUT2D eigenvalue weighted by Gasteiger charge is -2.22. The molecule has 0 radical (unpaired) electrons. The Morgan fingerprint density at radius 1 is 0.970 bits per heavy atom. The zero-order chi connectivity index (χ0) is 23.3. The summed E-state index contributed by atoms with van der Waals surface area (Å²) in [6, 6.07) is 16.5. The summed E-state index contributed by atoms with van der Waals surface area (Å²) in [7, 11) is 0. The molecule has 33 heavy (non-hydrogen) atoms. The maximum absolute atomic E-state index is 12.6. The molecule has 3 heterocycles. The molecule has 0 aliphatic carbocycles. The van der Waals surface area contributed by atoms with E-state index >= 15 is 0 Å². The molecule has 0 saturated carbocycles. The lowest BCUT2D eigenvalue weighted by Crippen LogP contribution is -2.29. The maximum Gasteiger partial charge on any atom is 0.351 e. The standard InChI is InChI=1S/C26H24N4O3/c31-26-29-24(32-14-15-33-25-18-27-11-12-28-25)17-23-22-9-8-20(16-21(22)10-13-30(23)26)7-6-19-4-2-1-3-5-19/h1-5,8-9,11-12,16-18H,6-7,10,13-15H2/i2T. The highest BCUT2D eigenvalue weighted by atomic mass is 16.5. The van der Waals surface area contributed by atoms with E-state index in [1.165, 1.54) is 22.9 Å². The SMILES string of the molecule is [3H]c1cccc(CCc2ccc3c(c2)CCn2c-3cc(OCCOc3cnccn3)nc2=O)c1. The van der Waals surface area contributed by atoms with Crippen LogP contribution in [0.2, 0.25) is 0 Å². The number of nitrogens with zero attached hydrogens (tertiary/aromatic N) is 4. The zero-order valence-electron chi connectivity index (χ0n) is 19.1. The summed E-state index contributed by atoms with van der Waals surface area (Å²) in [4.78, 5) is 24.7. The quantitative estimate of drug-likeness (QED) is 0.389. The van der Waals surface area contributed by atoms with Gasteiger partial charge in [-0.2, -0.15) is 4.98 Å². The van der Waals surface area contributed by atoms with Gasteiger partial charge in [0.05, 0.1) is 13.3 Å². The Kier molecular flexibility index (Phi) is 5.75. The van der Waals surface area contributed by atoms with Crippen molar-refractivity contribution in [2.45, 2.75) is 25.8 Å². The summed E-state index contributed by atoms with van der Waals surface area (Å²) in [5.41, 5.74) is 5.17. The minimum Gasteiger partial charge on any atom is -0.474 e. The van der Waals surface area contributed by atoms with Gasteiger partial charge in [0.15, 0.2) is 0 Å². The van der Waals surface area contributed by atoms with Crippen LogP contribution in [0.1, 0.15) is 18.1 Å². The zero-order valence-corrected chi connectivity index (χ0v) is 18.1. The molecule has 0 atom stereocenters. The summed E-state index contributed by atoms with van der Waals surface area (Å²) in [6.45, 7) is 1.09. The Bertz CT molecular complexity index is 1360. The third kappa shape index (κ3) is 4.92. The van der Waals surface area contributed by atoms with E-state index in [2.05, 4.69) is 39.2 Å². The first-order valence-corrected chi connectivity index (χ1v) is 11.0. The molecule has 7 nitrogen and oxygen atoms in total. The predicted molar refractivity (Wildman–Crippen MR) is 125 cm³/mol. The van der Waals surface area contributed by atoms with E-state index in [0.717, 1.165) is 30.5 Å². The molecule has 2 aromatic heterocycles. The first kappa shape index (κ1) is 19.7. The van der Waals surface area contributed by atoms with Crippen molar-refractivity contribution in [1.82, 2.24) is 19.5 Å². The van der Waals surface area contributed by atoms with Crippen molar-refractivity contribution in [3.63, 3.8) is 0 Å². The number of hydrogen-bond acceptors (Lipinski definition) is 6. The molecule has 0 spiro atoms. The molecule has 0 N–H and O–H groups in total. The van der Waals surface area contributed by atoms with E-state index in [1.54, 1.807) is 23.0 Å². The minimum atomic E-state index is -0.313. The summed E-state index contributed by atoms with van der Waals surface area (Å²) < 4.78 is 20.7. The largest absolute Gasteiger partial charge is 0.474 e. The predicted octanol–water partition coefficient (Wildman–Crippen LogP) is 3.50. The fourth-order valence-electron chi connectivity index (χ4n) is 4.02. The van der Waals surface area contributed by atoms with Crippen LogP contribution >= 0.6 is 0 Å². The normalized spacial score (nSPS) is 12.4. The topological polar surface area (TPSA) is 79.1 Å². The van der Waals surface area contributed by atoms with E-state index in [0.29, 0.717) is 18.5 Å². The van der Waals surface area contributed by atoms with Crippen LogP contribution in [0.4, 0.5) is 0 Å². The van der Waals surface area contributed by atoms with Crippen LogP contribution < -0.4 is 15.2 Å². The van der Waals surface area contributed by atoms with Crippen molar-refractivity contribution in [3.8, 4) is 23.0 Å². The Morgan fingerprint density at radius 2 is 1.85 bits per heavy atom. The van der Waals surface area contributed by atoms with Crippen LogP contribution in [0.3, 0.4) is 0 Å². The van der Waals surface area contributed by atoms with E-state index in [4.69, 9.17) is 10.8 Å². The molecule has 1 aliphatic rings. The number of fused-ring (bicyclic) bond motifs is 3. The highest BCUT2D eigenvalue weighted by molar-refractivity contribution is 5.67. The van der Waals surface area contributed by atoms with Gasteiger partial charge >= 0.3 is 5.69 Å². The highest BCUT2D eigenvalue weighted by Crippen LogP contribution is 2.30. The van der Waals surface area contributed by atoms with Gasteiger partial charge in [-0.15, -0.1) is 0 Å². The molecular weight excluding hydrogens is 416 g/mol. The van der Waals surface area contributed by atoms with Gasteiger partial charge in [0.2, 0.25) is 11.8 Å². The first-order chi connectivity index (χ1) is 16.7. The van der Waals surface area contributed by atoms with Crippen LogP contribution in [0.15, 0.2) is 78.0 Å². The van der Waals surface area contributed by atoms with E-state index < -0.39 is 0 Å². The Balaban J connectivity index is 1.28. The van der Waals surface area contributed by atoms with Crippen molar-refractivity contribution in [2.24, 2.45) is 0 Å². The molecular formula is C26H24N4O3. The minimum absolute atomic E-state index is 0.234.